The quantitative estimate of drug-likeness (QED) is 0.748. The van der Waals surface area contributed by atoms with Crippen LogP contribution in [0, 0.1) is 0 Å². The van der Waals surface area contributed by atoms with E-state index in [2.05, 4.69) is 19.1 Å². The predicted octanol–water partition coefficient (Wildman–Crippen LogP) is 2.15. The lowest BCUT2D eigenvalue weighted by Crippen LogP contribution is -2.40. The maximum absolute atomic E-state index is 5.81. The van der Waals surface area contributed by atoms with Crippen LogP contribution in [-0.4, -0.2) is 31.0 Å². The van der Waals surface area contributed by atoms with E-state index in [1.165, 1.54) is 5.56 Å². The molecule has 0 bridgehead atoms. The third kappa shape index (κ3) is 2.68. The van der Waals surface area contributed by atoms with Gasteiger partial charge in [-0.05, 0) is 12.5 Å². The molecule has 1 aromatic carbocycles. The fraction of sp³-hybridized carbons (Fsp3) is 0.571. The second-order valence-corrected chi connectivity index (χ2v) is 5.16. The molecule has 3 rings (SSSR count). The molecule has 0 saturated carbocycles. The average Bonchev–Trinajstić information content (AvgIpc) is 3.08. The highest BCUT2D eigenvalue weighted by Gasteiger charge is 2.49. The van der Waals surface area contributed by atoms with Gasteiger partial charge in [-0.3, -0.25) is 0 Å². The topological polar surface area (TPSA) is 31.0 Å². The van der Waals surface area contributed by atoms with Crippen molar-refractivity contribution in [3.63, 3.8) is 0 Å². The van der Waals surface area contributed by atoms with Crippen molar-refractivity contribution in [1.82, 2.24) is 0 Å². The highest BCUT2D eigenvalue weighted by molar-refractivity contribution is 5.13. The minimum Gasteiger partial charge on any atom is -0.374 e. The molecule has 0 spiro atoms. The SMILES string of the molecule is C[C@]1(COCc2ccccc2)C[C@H]2O[C@H]2CO1. The van der Waals surface area contributed by atoms with Gasteiger partial charge in [-0.2, -0.15) is 0 Å². The van der Waals surface area contributed by atoms with E-state index in [0.717, 1.165) is 13.0 Å². The van der Waals surface area contributed by atoms with Crippen molar-refractivity contribution in [3.05, 3.63) is 35.9 Å². The lowest BCUT2D eigenvalue weighted by Gasteiger charge is -2.31. The summed E-state index contributed by atoms with van der Waals surface area (Å²) < 4.78 is 17.0. The molecule has 0 unspecified atom stereocenters. The Morgan fingerprint density at radius 2 is 2.12 bits per heavy atom. The smallest absolute Gasteiger partial charge is 0.108 e. The van der Waals surface area contributed by atoms with Gasteiger partial charge in [0.25, 0.3) is 0 Å². The standard InChI is InChI=1S/C14H18O3/c1-14(7-12-13(17-12)9-16-14)10-15-8-11-5-3-2-4-6-11/h2-6,12-13H,7-10H2,1H3/t12-,13+,14-/m1/s1. The van der Waals surface area contributed by atoms with Crippen LogP contribution in [0.15, 0.2) is 30.3 Å². The van der Waals surface area contributed by atoms with E-state index in [1.54, 1.807) is 0 Å². The second-order valence-electron chi connectivity index (χ2n) is 5.16. The summed E-state index contributed by atoms with van der Waals surface area (Å²) in [4.78, 5) is 0. The maximum Gasteiger partial charge on any atom is 0.108 e. The van der Waals surface area contributed by atoms with Crippen molar-refractivity contribution in [2.75, 3.05) is 13.2 Å². The van der Waals surface area contributed by atoms with Gasteiger partial charge < -0.3 is 14.2 Å². The number of epoxide rings is 1. The highest BCUT2D eigenvalue weighted by Crippen LogP contribution is 2.38. The number of hydrogen-bond acceptors (Lipinski definition) is 3. The van der Waals surface area contributed by atoms with Crippen LogP contribution < -0.4 is 0 Å². The van der Waals surface area contributed by atoms with Crippen LogP contribution in [0.1, 0.15) is 18.9 Å². The molecule has 2 saturated heterocycles. The van der Waals surface area contributed by atoms with Crippen LogP contribution in [0.25, 0.3) is 0 Å². The number of benzene rings is 1. The first-order chi connectivity index (χ1) is 8.25. The van der Waals surface area contributed by atoms with E-state index in [4.69, 9.17) is 14.2 Å². The fourth-order valence-corrected chi connectivity index (χ4v) is 2.33. The van der Waals surface area contributed by atoms with Crippen LogP contribution >= 0.6 is 0 Å². The summed E-state index contributed by atoms with van der Waals surface area (Å²) in [6.07, 6.45) is 1.72. The van der Waals surface area contributed by atoms with Crippen molar-refractivity contribution in [2.24, 2.45) is 0 Å². The molecular formula is C14H18O3. The molecule has 0 aromatic heterocycles. The fourth-order valence-electron chi connectivity index (χ4n) is 2.33. The van der Waals surface area contributed by atoms with Crippen molar-refractivity contribution < 1.29 is 14.2 Å². The summed E-state index contributed by atoms with van der Waals surface area (Å²) in [6, 6.07) is 10.2. The molecule has 3 atom stereocenters. The Bertz CT molecular complexity index is 378. The molecule has 2 aliphatic heterocycles. The van der Waals surface area contributed by atoms with Crippen LogP contribution in [0.4, 0.5) is 0 Å². The maximum atomic E-state index is 5.81. The Hall–Kier alpha value is -0.900. The third-order valence-electron chi connectivity index (χ3n) is 3.44. The summed E-state index contributed by atoms with van der Waals surface area (Å²) in [5, 5.41) is 0. The molecule has 1 aromatic rings. The van der Waals surface area contributed by atoms with Gasteiger partial charge >= 0.3 is 0 Å². The number of fused-ring (bicyclic) bond motifs is 1. The zero-order chi connectivity index (χ0) is 11.7. The minimum atomic E-state index is -0.174. The van der Waals surface area contributed by atoms with E-state index in [9.17, 15) is 0 Å². The van der Waals surface area contributed by atoms with Gasteiger partial charge in [0.05, 0.1) is 31.5 Å². The van der Waals surface area contributed by atoms with Gasteiger partial charge in [0.2, 0.25) is 0 Å². The average molecular weight is 234 g/mol. The summed E-state index contributed by atoms with van der Waals surface area (Å²) in [6.45, 7) is 4.11. The van der Waals surface area contributed by atoms with Gasteiger partial charge in [-0.15, -0.1) is 0 Å². The summed E-state index contributed by atoms with van der Waals surface area (Å²) in [5.41, 5.74) is 1.03. The molecular weight excluding hydrogens is 216 g/mol. The highest BCUT2D eigenvalue weighted by atomic mass is 16.6. The third-order valence-corrected chi connectivity index (χ3v) is 3.44. The van der Waals surface area contributed by atoms with Gasteiger partial charge in [0, 0.05) is 6.42 Å². The first kappa shape index (κ1) is 11.2. The van der Waals surface area contributed by atoms with Gasteiger partial charge in [-0.1, -0.05) is 30.3 Å². The van der Waals surface area contributed by atoms with Crippen molar-refractivity contribution >= 4 is 0 Å². The Kier molecular flexibility index (Phi) is 2.90. The zero-order valence-corrected chi connectivity index (χ0v) is 10.1. The van der Waals surface area contributed by atoms with Gasteiger partial charge in [0.15, 0.2) is 0 Å². The first-order valence-corrected chi connectivity index (χ1v) is 6.16. The molecule has 0 radical (unpaired) electrons. The Morgan fingerprint density at radius 1 is 1.29 bits per heavy atom. The summed E-state index contributed by atoms with van der Waals surface area (Å²) >= 11 is 0. The zero-order valence-electron chi connectivity index (χ0n) is 10.1. The van der Waals surface area contributed by atoms with Crippen LogP contribution in [0.3, 0.4) is 0 Å². The summed E-state index contributed by atoms with van der Waals surface area (Å²) in [7, 11) is 0. The number of ether oxygens (including phenoxy) is 3. The van der Waals surface area contributed by atoms with Crippen LogP contribution in [-0.2, 0) is 20.8 Å². The Labute approximate surface area is 102 Å². The number of hydrogen-bond donors (Lipinski definition) is 0. The largest absolute Gasteiger partial charge is 0.374 e. The first-order valence-electron chi connectivity index (χ1n) is 6.16. The van der Waals surface area contributed by atoms with E-state index < -0.39 is 0 Å². The van der Waals surface area contributed by atoms with E-state index >= 15 is 0 Å². The molecule has 2 fully saturated rings. The molecule has 3 heteroatoms. The number of rotatable bonds is 4. The van der Waals surface area contributed by atoms with Gasteiger partial charge in [0.1, 0.15) is 6.10 Å². The molecule has 0 aliphatic carbocycles. The predicted molar refractivity (Wildman–Crippen MR) is 63.7 cm³/mol. The van der Waals surface area contributed by atoms with E-state index in [-0.39, 0.29) is 5.60 Å². The summed E-state index contributed by atoms with van der Waals surface area (Å²) in [5.74, 6) is 0. The minimum absolute atomic E-state index is 0.174. The van der Waals surface area contributed by atoms with E-state index in [1.807, 2.05) is 18.2 Å². The lowest BCUT2D eigenvalue weighted by atomic mass is 9.97. The van der Waals surface area contributed by atoms with Crippen molar-refractivity contribution in [1.29, 1.82) is 0 Å². The molecule has 2 aliphatic rings. The second kappa shape index (κ2) is 4.41. The van der Waals surface area contributed by atoms with Crippen LogP contribution in [0.5, 0.6) is 0 Å². The molecule has 2 heterocycles. The van der Waals surface area contributed by atoms with Crippen molar-refractivity contribution in [2.45, 2.75) is 37.8 Å². The van der Waals surface area contributed by atoms with Gasteiger partial charge in [-0.25, -0.2) is 0 Å². The Balaban J connectivity index is 1.47. The van der Waals surface area contributed by atoms with Crippen molar-refractivity contribution in [3.8, 4) is 0 Å². The molecule has 3 nitrogen and oxygen atoms in total. The molecule has 92 valence electrons. The van der Waals surface area contributed by atoms with E-state index in [0.29, 0.717) is 25.4 Å². The lowest BCUT2D eigenvalue weighted by molar-refractivity contribution is -0.105. The van der Waals surface area contributed by atoms with Crippen LogP contribution in [0.2, 0.25) is 0 Å². The normalized spacial score (nSPS) is 35.4. The molecule has 0 N–H and O–H groups in total. The molecule has 17 heavy (non-hydrogen) atoms. The monoisotopic (exact) mass is 234 g/mol. The molecule has 0 amide bonds. The Morgan fingerprint density at radius 3 is 2.88 bits per heavy atom.